The van der Waals surface area contributed by atoms with E-state index in [2.05, 4.69) is 5.32 Å². The second-order valence-corrected chi connectivity index (χ2v) is 4.48. The van der Waals surface area contributed by atoms with Gasteiger partial charge in [-0.05, 0) is 29.8 Å². The predicted octanol–water partition coefficient (Wildman–Crippen LogP) is 3.22. The summed E-state index contributed by atoms with van der Waals surface area (Å²) in [7, 11) is 1.35. The molecule has 3 N–H and O–H groups in total. The van der Waals surface area contributed by atoms with E-state index in [-0.39, 0.29) is 12.3 Å². The molecule has 112 valence electrons. The summed E-state index contributed by atoms with van der Waals surface area (Å²) in [4.78, 5) is 0. The van der Waals surface area contributed by atoms with Crippen molar-refractivity contribution in [2.75, 3.05) is 19.0 Å². The van der Waals surface area contributed by atoms with Crippen molar-refractivity contribution in [1.82, 2.24) is 0 Å². The largest absolute Gasteiger partial charge is 0.494 e. The summed E-state index contributed by atoms with van der Waals surface area (Å²) in [5, 5.41) is 3.00. The standard InChI is InChI=1S/C15H15F3N2O/c1-21-15-7-12(2-3-13(15)18)20-14(8-19)9-4-10(16)6-11(17)5-9/h2-7,14,20H,8,19H2,1H3. The molecular weight excluding hydrogens is 281 g/mol. The molecule has 0 aliphatic rings. The summed E-state index contributed by atoms with van der Waals surface area (Å²) < 4.78 is 44.7. The zero-order chi connectivity index (χ0) is 15.4. The highest BCUT2D eigenvalue weighted by molar-refractivity contribution is 5.50. The average Bonchev–Trinajstić information content (AvgIpc) is 2.45. The third-order valence-electron chi connectivity index (χ3n) is 3.01. The maximum Gasteiger partial charge on any atom is 0.165 e. The Balaban J connectivity index is 2.26. The summed E-state index contributed by atoms with van der Waals surface area (Å²) in [5.74, 6) is -1.78. The number of halogens is 3. The van der Waals surface area contributed by atoms with Crippen molar-refractivity contribution in [1.29, 1.82) is 0 Å². The molecule has 0 saturated heterocycles. The summed E-state index contributed by atoms with van der Waals surface area (Å²) in [6.45, 7) is 0.114. The molecule has 21 heavy (non-hydrogen) atoms. The van der Waals surface area contributed by atoms with Crippen LogP contribution in [-0.4, -0.2) is 13.7 Å². The smallest absolute Gasteiger partial charge is 0.165 e. The lowest BCUT2D eigenvalue weighted by atomic mass is 10.1. The summed E-state index contributed by atoms with van der Waals surface area (Å²) in [6, 6.07) is 6.87. The fraction of sp³-hybridized carbons (Fsp3) is 0.200. The Bertz CT molecular complexity index is 614. The zero-order valence-electron chi connectivity index (χ0n) is 11.4. The number of hydrogen-bond donors (Lipinski definition) is 2. The Morgan fingerprint density at radius 2 is 1.76 bits per heavy atom. The van der Waals surface area contributed by atoms with Crippen LogP contribution in [0.15, 0.2) is 36.4 Å². The van der Waals surface area contributed by atoms with Crippen LogP contribution in [0.4, 0.5) is 18.9 Å². The van der Waals surface area contributed by atoms with Gasteiger partial charge in [0.25, 0.3) is 0 Å². The van der Waals surface area contributed by atoms with Crippen LogP contribution in [0.25, 0.3) is 0 Å². The van der Waals surface area contributed by atoms with Crippen LogP contribution in [0.2, 0.25) is 0 Å². The molecule has 0 heterocycles. The van der Waals surface area contributed by atoms with Crippen molar-refractivity contribution >= 4 is 5.69 Å². The molecule has 1 atom stereocenters. The minimum atomic E-state index is -0.679. The number of ether oxygens (including phenoxy) is 1. The van der Waals surface area contributed by atoms with Gasteiger partial charge in [-0.25, -0.2) is 13.2 Å². The normalized spacial score (nSPS) is 12.0. The van der Waals surface area contributed by atoms with Crippen LogP contribution >= 0.6 is 0 Å². The fourth-order valence-corrected chi connectivity index (χ4v) is 2.01. The highest BCUT2D eigenvalue weighted by Gasteiger charge is 2.13. The van der Waals surface area contributed by atoms with E-state index < -0.39 is 23.5 Å². The number of methoxy groups -OCH3 is 1. The van der Waals surface area contributed by atoms with Gasteiger partial charge in [-0.1, -0.05) is 0 Å². The van der Waals surface area contributed by atoms with E-state index in [1.807, 2.05) is 0 Å². The lowest BCUT2D eigenvalue weighted by Gasteiger charge is -2.19. The van der Waals surface area contributed by atoms with Gasteiger partial charge in [0.1, 0.15) is 11.6 Å². The highest BCUT2D eigenvalue weighted by atomic mass is 19.1. The maximum atomic E-state index is 13.3. The zero-order valence-corrected chi connectivity index (χ0v) is 11.4. The van der Waals surface area contributed by atoms with Crippen molar-refractivity contribution in [2.24, 2.45) is 5.73 Å². The molecule has 2 rings (SSSR count). The van der Waals surface area contributed by atoms with Crippen LogP contribution in [0.3, 0.4) is 0 Å². The Morgan fingerprint density at radius 1 is 1.10 bits per heavy atom. The predicted molar refractivity (Wildman–Crippen MR) is 74.7 cm³/mol. The second-order valence-electron chi connectivity index (χ2n) is 4.48. The van der Waals surface area contributed by atoms with Gasteiger partial charge >= 0.3 is 0 Å². The Kier molecular flexibility index (Phi) is 4.70. The van der Waals surface area contributed by atoms with E-state index in [1.165, 1.54) is 37.4 Å². The molecule has 0 amide bonds. The number of rotatable bonds is 5. The van der Waals surface area contributed by atoms with E-state index in [4.69, 9.17) is 10.5 Å². The molecule has 0 saturated carbocycles. The number of anilines is 1. The van der Waals surface area contributed by atoms with Crippen molar-refractivity contribution in [2.45, 2.75) is 6.04 Å². The van der Waals surface area contributed by atoms with E-state index in [9.17, 15) is 13.2 Å². The lowest BCUT2D eigenvalue weighted by molar-refractivity contribution is 0.386. The second kappa shape index (κ2) is 6.49. The summed E-state index contributed by atoms with van der Waals surface area (Å²) in [6.07, 6.45) is 0. The fourth-order valence-electron chi connectivity index (χ4n) is 2.01. The van der Waals surface area contributed by atoms with Gasteiger partial charge in [-0.2, -0.15) is 0 Å². The van der Waals surface area contributed by atoms with Gasteiger partial charge in [0.15, 0.2) is 11.6 Å². The Hall–Kier alpha value is -2.21. The lowest BCUT2D eigenvalue weighted by Crippen LogP contribution is -2.21. The van der Waals surface area contributed by atoms with E-state index in [0.29, 0.717) is 11.3 Å². The molecule has 6 heteroatoms. The monoisotopic (exact) mass is 296 g/mol. The summed E-state index contributed by atoms with van der Waals surface area (Å²) in [5.41, 5.74) is 6.55. The van der Waals surface area contributed by atoms with E-state index in [0.717, 1.165) is 6.07 Å². The first-order valence-electron chi connectivity index (χ1n) is 6.29. The van der Waals surface area contributed by atoms with Crippen molar-refractivity contribution in [3.8, 4) is 5.75 Å². The molecule has 0 bridgehead atoms. The number of nitrogens with two attached hydrogens (primary N) is 1. The molecule has 0 radical (unpaired) electrons. The van der Waals surface area contributed by atoms with Crippen LogP contribution in [0, 0.1) is 17.5 Å². The van der Waals surface area contributed by atoms with Crippen LogP contribution in [0.5, 0.6) is 5.75 Å². The Morgan fingerprint density at radius 3 is 2.33 bits per heavy atom. The minimum Gasteiger partial charge on any atom is -0.494 e. The van der Waals surface area contributed by atoms with Crippen molar-refractivity contribution < 1.29 is 17.9 Å². The molecule has 2 aromatic carbocycles. The number of nitrogens with one attached hydrogen (secondary N) is 1. The molecular formula is C15H15F3N2O. The maximum absolute atomic E-state index is 13.3. The third kappa shape index (κ3) is 3.66. The van der Waals surface area contributed by atoms with E-state index in [1.54, 1.807) is 0 Å². The van der Waals surface area contributed by atoms with Gasteiger partial charge in [-0.15, -0.1) is 0 Å². The highest BCUT2D eigenvalue weighted by Crippen LogP contribution is 2.25. The Labute approximate surface area is 120 Å². The van der Waals surface area contributed by atoms with Crippen LogP contribution in [0.1, 0.15) is 11.6 Å². The molecule has 0 fully saturated rings. The van der Waals surface area contributed by atoms with Gasteiger partial charge in [0.05, 0.1) is 13.2 Å². The van der Waals surface area contributed by atoms with E-state index >= 15 is 0 Å². The molecule has 0 aliphatic carbocycles. The molecule has 0 aliphatic heterocycles. The molecule has 3 nitrogen and oxygen atoms in total. The molecule has 1 unspecified atom stereocenters. The number of benzene rings is 2. The SMILES string of the molecule is COc1cc(NC(CN)c2cc(F)cc(F)c2)ccc1F. The van der Waals surface area contributed by atoms with Crippen molar-refractivity contribution in [3.05, 3.63) is 59.4 Å². The van der Waals surface area contributed by atoms with Crippen LogP contribution in [-0.2, 0) is 0 Å². The topological polar surface area (TPSA) is 47.3 Å². The number of hydrogen-bond acceptors (Lipinski definition) is 3. The van der Waals surface area contributed by atoms with Gasteiger partial charge in [0, 0.05) is 24.4 Å². The van der Waals surface area contributed by atoms with Gasteiger partial charge < -0.3 is 15.8 Å². The molecule has 0 spiro atoms. The first-order chi connectivity index (χ1) is 10.0. The van der Waals surface area contributed by atoms with Crippen LogP contribution < -0.4 is 15.8 Å². The first-order valence-corrected chi connectivity index (χ1v) is 6.29. The molecule has 0 aromatic heterocycles. The summed E-state index contributed by atoms with van der Waals surface area (Å²) >= 11 is 0. The first kappa shape index (κ1) is 15.2. The third-order valence-corrected chi connectivity index (χ3v) is 3.01. The molecule has 2 aromatic rings. The van der Waals surface area contributed by atoms with Crippen molar-refractivity contribution in [3.63, 3.8) is 0 Å². The quantitative estimate of drug-likeness (QED) is 0.890. The minimum absolute atomic E-state index is 0.0706. The van der Waals surface area contributed by atoms with Gasteiger partial charge in [-0.3, -0.25) is 0 Å². The van der Waals surface area contributed by atoms with Gasteiger partial charge in [0.2, 0.25) is 0 Å². The average molecular weight is 296 g/mol.